The zero-order valence-corrected chi connectivity index (χ0v) is 9.44. The van der Waals surface area contributed by atoms with Crippen molar-refractivity contribution in [3.05, 3.63) is 36.5 Å². The summed E-state index contributed by atoms with van der Waals surface area (Å²) in [5, 5.41) is 1.03. The SMILES string of the molecule is Bc1nc(N)nc2[nH]cc(-c3ccccc3)c12. The fourth-order valence-corrected chi connectivity index (χ4v) is 2.08. The molecule has 4 nitrogen and oxygen atoms in total. The average molecular weight is 222 g/mol. The predicted molar refractivity (Wildman–Crippen MR) is 71.9 cm³/mol. The van der Waals surface area contributed by atoms with Crippen molar-refractivity contribution < 1.29 is 0 Å². The van der Waals surface area contributed by atoms with E-state index in [1.54, 1.807) is 0 Å². The molecule has 3 aromatic rings. The van der Waals surface area contributed by atoms with Crippen LogP contribution >= 0.6 is 0 Å². The summed E-state index contributed by atoms with van der Waals surface area (Å²) in [6.07, 6.45) is 1.95. The lowest BCUT2D eigenvalue weighted by molar-refractivity contribution is 1.24. The first-order valence-corrected chi connectivity index (χ1v) is 5.42. The molecule has 0 saturated heterocycles. The molecule has 0 radical (unpaired) electrons. The molecule has 0 spiro atoms. The van der Waals surface area contributed by atoms with Crippen LogP contribution in [0.1, 0.15) is 0 Å². The zero-order valence-electron chi connectivity index (χ0n) is 9.44. The van der Waals surface area contributed by atoms with Gasteiger partial charge in [0.25, 0.3) is 0 Å². The molecule has 2 aromatic heterocycles. The Hall–Kier alpha value is -2.30. The Kier molecular flexibility index (Phi) is 2.11. The molecule has 5 heteroatoms. The molecule has 0 aliphatic carbocycles. The molecule has 0 saturated carbocycles. The molecule has 82 valence electrons. The molecule has 0 atom stereocenters. The Morgan fingerprint density at radius 3 is 2.65 bits per heavy atom. The number of anilines is 1. The van der Waals surface area contributed by atoms with Gasteiger partial charge in [-0.05, 0) is 5.56 Å². The number of hydrogen-bond donors (Lipinski definition) is 2. The Morgan fingerprint density at radius 1 is 1.12 bits per heavy atom. The van der Waals surface area contributed by atoms with Crippen molar-refractivity contribution in [3.8, 4) is 11.1 Å². The minimum atomic E-state index is 0.302. The van der Waals surface area contributed by atoms with Crippen molar-refractivity contribution in [2.24, 2.45) is 0 Å². The van der Waals surface area contributed by atoms with Gasteiger partial charge in [0.05, 0.1) is 0 Å². The van der Waals surface area contributed by atoms with Gasteiger partial charge in [0.15, 0.2) is 7.85 Å². The van der Waals surface area contributed by atoms with Crippen molar-refractivity contribution in [1.29, 1.82) is 0 Å². The number of aromatic amines is 1. The molecule has 0 amide bonds. The van der Waals surface area contributed by atoms with Gasteiger partial charge in [-0.15, -0.1) is 0 Å². The minimum absolute atomic E-state index is 0.302. The lowest BCUT2D eigenvalue weighted by atomic mass is 9.96. The van der Waals surface area contributed by atoms with Crippen molar-refractivity contribution in [2.45, 2.75) is 0 Å². The number of nitrogens with zero attached hydrogens (tertiary/aromatic N) is 2. The first-order chi connectivity index (χ1) is 8.25. The quantitative estimate of drug-likeness (QED) is 0.588. The summed E-state index contributed by atoms with van der Waals surface area (Å²) in [4.78, 5) is 11.5. The second-order valence-corrected chi connectivity index (χ2v) is 3.96. The number of nitrogen functional groups attached to an aromatic ring is 1. The molecular formula is C12H11BN4. The molecule has 3 rings (SSSR count). The van der Waals surface area contributed by atoms with Crippen molar-refractivity contribution >= 4 is 30.4 Å². The van der Waals surface area contributed by atoms with Gasteiger partial charge < -0.3 is 10.7 Å². The smallest absolute Gasteiger partial charge is 0.221 e. The van der Waals surface area contributed by atoms with Crippen LogP contribution in [0.15, 0.2) is 36.5 Å². The number of hydrogen-bond acceptors (Lipinski definition) is 3. The zero-order chi connectivity index (χ0) is 11.8. The predicted octanol–water partition coefficient (Wildman–Crippen LogP) is 0.466. The largest absolute Gasteiger partial charge is 0.368 e. The molecule has 17 heavy (non-hydrogen) atoms. The first-order valence-electron chi connectivity index (χ1n) is 5.42. The van der Waals surface area contributed by atoms with Crippen LogP contribution in [0.2, 0.25) is 0 Å². The molecule has 1 aromatic carbocycles. The number of fused-ring (bicyclic) bond motifs is 1. The van der Waals surface area contributed by atoms with Crippen molar-refractivity contribution in [1.82, 2.24) is 15.0 Å². The summed E-state index contributed by atoms with van der Waals surface area (Å²) in [6.45, 7) is 0. The third-order valence-corrected chi connectivity index (χ3v) is 2.81. The third-order valence-electron chi connectivity index (χ3n) is 2.81. The van der Waals surface area contributed by atoms with Crippen LogP contribution in [-0.2, 0) is 0 Å². The number of H-pyrrole nitrogens is 1. The lowest BCUT2D eigenvalue weighted by Gasteiger charge is -2.02. The van der Waals surface area contributed by atoms with Crippen molar-refractivity contribution in [3.63, 3.8) is 0 Å². The van der Waals surface area contributed by atoms with Crippen LogP contribution in [-0.4, -0.2) is 22.8 Å². The molecule has 3 N–H and O–H groups in total. The van der Waals surface area contributed by atoms with E-state index in [4.69, 9.17) is 5.73 Å². The van der Waals surface area contributed by atoms with Crippen LogP contribution in [0.5, 0.6) is 0 Å². The molecule has 0 fully saturated rings. The molecule has 0 bridgehead atoms. The van der Waals surface area contributed by atoms with E-state index < -0.39 is 0 Å². The Bertz CT molecular complexity index is 676. The summed E-state index contributed by atoms with van der Waals surface area (Å²) >= 11 is 0. The van der Waals surface area contributed by atoms with Crippen LogP contribution in [0.25, 0.3) is 22.2 Å². The van der Waals surface area contributed by atoms with Gasteiger partial charge in [-0.1, -0.05) is 30.3 Å². The summed E-state index contributed by atoms with van der Waals surface area (Å²) in [7, 11) is 1.95. The fraction of sp³-hybridized carbons (Fsp3) is 0. The van der Waals surface area contributed by atoms with Crippen LogP contribution in [0.4, 0.5) is 5.95 Å². The third kappa shape index (κ3) is 1.56. The van der Waals surface area contributed by atoms with E-state index in [1.807, 2.05) is 32.2 Å². The highest BCUT2D eigenvalue weighted by atomic mass is 15.0. The van der Waals surface area contributed by atoms with E-state index >= 15 is 0 Å². The first kappa shape index (κ1) is 9.90. The topological polar surface area (TPSA) is 67.6 Å². The highest BCUT2D eigenvalue weighted by molar-refractivity contribution is 6.38. The summed E-state index contributed by atoms with van der Waals surface area (Å²) < 4.78 is 0. The lowest BCUT2D eigenvalue weighted by Crippen LogP contribution is -2.13. The standard InChI is InChI=1S/C12H11BN4/c13-10-9-8(7-4-2-1-3-5-7)6-15-11(9)17-12(14)16-10/h1-6H,13H2,(H3,14,15,16,17). The van der Waals surface area contributed by atoms with Crippen molar-refractivity contribution in [2.75, 3.05) is 5.73 Å². The number of nitrogens with one attached hydrogen (secondary N) is 1. The van der Waals surface area contributed by atoms with E-state index in [9.17, 15) is 0 Å². The van der Waals surface area contributed by atoms with E-state index in [2.05, 4.69) is 27.1 Å². The van der Waals surface area contributed by atoms with Crippen LogP contribution in [0.3, 0.4) is 0 Å². The van der Waals surface area contributed by atoms with Crippen LogP contribution in [0, 0.1) is 0 Å². The van der Waals surface area contributed by atoms with Gasteiger partial charge in [0, 0.05) is 22.7 Å². The maximum Gasteiger partial charge on any atom is 0.221 e. The Labute approximate surface area is 99.3 Å². The molecular weight excluding hydrogens is 211 g/mol. The second-order valence-electron chi connectivity index (χ2n) is 3.96. The van der Waals surface area contributed by atoms with Gasteiger partial charge in [0.1, 0.15) is 5.65 Å². The Balaban J connectivity index is 2.32. The minimum Gasteiger partial charge on any atom is -0.368 e. The monoisotopic (exact) mass is 222 g/mol. The van der Waals surface area contributed by atoms with Crippen LogP contribution < -0.4 is 11.3 Å². The number of rotatable bonds is 1. The van der Waals surface area contributed by atoms with E-state index in [0.717, 1.165) is 27.8 Å². The van der Waals surface area contributed by atoms with E-state index in [1.165, 1.54) is 0 Å². The average Bonchev–Trinajstić information content (AvgIpc) is 2.74. The molecule has 0 aliphatic rings. The summed E-state index contributed by atoms with van der Waals surface area (Å²) in [5.41, 5.74) is 9.57. The maximum absolute atomic E-state index is 5.63. The van der Waals surface area contributed by atoms with E-state index in [0.29, 0.717) is 5.95 Å². The number of aromatic nitrogens is 3. The molecule has 0 unspecified atom stereocenters. The van der Waals surface area contributed by atoms with E-state index in [-0.39, 0.29) is 0 Å². The molecule has 0 aliphatic heterocycles. The van der Waals surface area contributed by atoms with Gasteiger partial charge in [-0.2, -0.15) is 4.98 Å². The molecule has 2 heterocycles. The van der Waals surface area contributed by atoms with Gasteiger partial charge in [-0.25, -0.2) is 4.98 Å². The highest BCUT2D eigenvalue weighted by Crippen LogP contribution is 2.25. The summed E-state index contributed by atoms with van der Waals surface area (Å²) in [5.74, 6) is 0.302. The highest BCUT2D eigenvalue weighted by Gasteiger charge is 2.10. The fourth-order valence-electron chi connectivity index (χ4n) is 2.08. The van der Waals surface area contributed by atoms with Gasteiger partial charge >= 0.3 is 0 Å². The second kappa shape index (κ2) is 3.62. The normalized spacial score (nSPS) is 10.8. The maximum atomic E-state index is 5.63. The Morgan fingerprint density at radius 2 is 1.88 bits per heavy atom. The summed E-state index contributed by atoms with van der Waals surface area (Å²) in [6, 6.07) is 10.2. The number of nitrogens with two attached hydrogens (primary N) is 1. The van der Waals surface area contributed by atoms with Gasteiger partial charge in [-0.3, -0.25) is 0 Å². The number of benzene rings is 1. The van der Waals surface area contributed by atoms with Gasteiger partial charge in [0.2, 0.25) is 5.95 Å².